The van der Waals surface area contributed by atoms with E-state index in [1.165, 1.54) is 0 Å². The minimum atomic E-state index is -0.429. The minimum Gasteiger partial charge on any atom is -0.456 e. The molecule has 0 N–H and O–H groups in total. The molecule has 0 radical (unpaired) electrons. The van der Waals surface area contributed by atoms with E-state index in [0.29, 0.717) is 11.3 Å². The highest BCUT2D eigenvalue weighted by atomic mass is 16.3. The van der Waals surface area contributed by atoms with E-state index in [1.54, 1.807) is 4.57 Å². The predicted octanol–water partition coefficient (Wildman–Crippen LogP) is 14.8. The topological polar surface area (TPSA) is 23.0 Å². The Kier molecular flexibility index (Phi) is 5.56. The highest BCUT2D eigenvalue weighted by Crippen LogP contribution is 2.42. The van der Waals surface area contributed by atoms with Crippen LogP contribution in [0.25, 0.3) is 110 Å². The SMILES string of the molecule is [2H]c1c([2H])c([2H])c2c(c1[2H])c1c([2H])c(-c3ccc4c(c3)c3c(-c5ccccc5)cccc3n4-c3ccc4c(c3)oc3ccccc34)c([2H])c([2H])c1n2-c1ccc(-c2ccccc2)cc1. The van der Waals surface area contributed by atoms with Crippen molar-refractivity contribution in [1.82, 2.24) is 9.13 Å². The molecule has 0 aliphatic carbocycles. The first kappa shape index (κ1) is 25.5. The number of hydrogen-bond donors (Lipinski definition) is 0. The summed E-state index contributed by atoms with van der Waals surface area (Å²) in [4.78, 5) is 0. The average Bonchev–Trinajstić information content (AvgIpc) is 4.01. The summed E-state index contributed by atoms with van der Waals surface area (Å²) in [7, 11) is 0. The lowest BCUT2D eigenvalue weighted by molar-refractivity contribution is 0.668. The van der Waals surface area contributed by atoms with E-state index in [-0.39, 0.29) is 57.6 Å². The number of aromatic nitrogens is 2. The quantitative estimate of drug-likeness (QED) is 0.173. The van der Waals surface area contributed by atoms with Crippen LogP contribution in [0.1, 0.15) is 9.60 Å². The third-order valence-corrected chi connectivity index (χ3v) is 11.2. The Morgan fingerprint density at radius 2 is 1.05 bits per heavy atom. The molecule has 0 atom stereocenters. The third kappa shape index (κ3) is 4.92. The van der Waals surface area contributed by atoms with Crippen LogP contribution in [0.5, 0.6) is 0 Å². The van der Waals surface area contributed by atoms with Gasteiger partial charge in [0, 0.05) is 49.8 Å². The molecule has 12 rings (SSSR count). The van der Waals surface area contributed by atoms with Crippen molar-refractivity contribution in [3.63, 3.8) is 0 Å². The largest absolute Gasteiger partial charge is 0.456 e. The maximum Gasteiger partial charge on any atom is 0.137 e. The van der Waals surface area contributed by atoms with Crippen molar-refractivity contribution in [2.24, 2.45) is 0 Å². The normalized spacial score (nSPS) is 13.6. The lowest BCUT2D eigenvalue weighted by Crippen LogP contribution is -1.94. The molecule has 12 aromatic rings. The van der Waals surface area contributed by atoms with E-state index in [1.807, 2.05) is 109 Å². The molecular weight excluding hydrogens is 693 g/mol. The van der Waals surface area contributed by atoms with Gasteiger partial charge in [-0.25, -0.2) is 0 Å². The summed E-state index contributed by atoms with van der Waals surface area (Å²) in [6.45, 7) is 0. The Labute approximate surface area is 338 Å². The molecule has 3 nitrogen and oxygen atoms in total. The van der Waals surface area contributed by atoms with Gasteiger partial charge < -0.3 is 13.6 Å². The van der Waals surface area contributed by atoms with Gasteiger partial charge >= 0.3 is 0 Å². The highest BCUT2D eigenvalue weighted by molar-refractivity contribution is 6.17. The van der Waals surface area contributed by atoms with Crippen LogP contribution in [-0.2, 0) is 0 Å². The second-order valence-electron chi connectivity index (χ2n) is 14.4. The predicted molar refractivity (Wildman–Crippen MR) is 239 cm³/mol. The summed E-state index contributed by atoms with van der Waals surface area (Å²) < 4.78 is 75.2. The van der Waals surface area contributed by atoms with Crippen molar-refractivity contribution < 1.29 is 14.0 Å². The van der Waals surface area contributed by atoms with Crippen LogP contribution in [-0.4, -0.2) is 9.13 Å². The number of furan rings is 1. The molecule has 3 heterocycles. The summed E-state index contributed by atoms with van der Waals surface area (Å²) in [5, 5.41) is 4.25. The lowest BCUT2D eigenvalue weighted by atomic mass is 9.97. The molecule has 9 aromatic carbocycles. The van der Waals surface area contributed by atoms with Gasteiger partial charge in [0.1, 0.15) is 11.2 Å². The standard InChI is InChI=1S/C54H34N2O/c1-3-12-35(13-4-1)36-22-26-40(27-23-36)55-48-19-9-7-16-43(48)46-32-38(24-30-49(46)55)39-25-31-50-47(33-39)54-42(37-14-5-2-6-15-37)18-11-20-51(54)56(50)41-28-29-45-44-17-8-10-21-52(44)57-53(45)34-41/h1-34H/i7D,9D,16D,19D,24D,30D,32D. The van der Waals surface area contributed by atoms with E-state index < -0.39 is 12.1 Å². The fourth-order valence-corrected chi connectivity index (χ4v) is 8.57. The summed E-state index contributed by atoms with van der Waals surface area (Å²) >= 11 is 0. The first-order chi connectivity index (χ1) is 31.2. The molecule has 3 aromatic heterocycles. The van der Waals surface area contributed by atoms with Gasteiger partial charge in [-0.2, -0.15) is 0 Å². The number of para-hydroxylation sites is 2. The van der Waals surface area contributed by atoms with Gasteiger partial charge in [0.2, 0.25) is 0 Å². The third-order valence-electron chi connectivity index (χ3n) is 11.2. The molecule has 0 bridgehead atoms. The second kappa shape index (κ2) is 12.5. The first-order valence-corrected chi connectivity index (χ1v) is 18.9. The number of nitrogens with zero attached hydrogens (tertiary/aromatic N) is 2. The van der Waals surface area contributed by atoms with Gasteiger partial charge in [-0.3, -0.25) is 0 Å². The van der Waals surface area contributed by atoms with Gasteiger partial charge in [-0.15, -0.1) is 0 Å². The summed E-state index contributed by atoms with van der Waals surface area (Å²) in [5.41, 5.74) is 9.96. The van der Waals surface area contributed by atoms with Crippen LogP contribution in [0, 0.1) is 0 Å². The van der Waals surface area contributed by atoms with Crippen LogP contribution >= 0.6 is 0 Å². The van der Waals surface area contributed by atoms with Crippen molar-refractivity contribution >= 4 is 65.6 Å². The maximum atomic E-state index is 9.94. The van der Waals surface area contributed by atoms with Crippen LogP contribution in [0.15, 0.2) is 211 Å². The van der Waals surface area contributed by atoms with Crippen LogP contribution in [0.3, 0.4) is 0 Å². The van der Waals surface area contributed by atoms with Gasteiger partial charge in [0.15, 0.2) is 0 Å². The summed E-state index contributed by atoms with van der Waals surface area (Å²) in [6.07, 6.45) is 0. The zero-order valence-corrected chi connectivity index (χ0v) is 30.4. The molecular formula is C54H34N2O. The van der Waals surface area contributed by atoms with E-state index in [2.05, 4.69) is 59.2 Å². The molecule has 0 fully saturated rings. The number of hydrogen-bond acceptors (Lipinski definition) is 1. The molecule has 0 saturated heterocycles. The number of fused-ring (bicyclic) bond motifs is 9. The fourth-order valence-electron chi connectivity index (χ4n) is 8.57. The zero-order chi connectivity index (χ0) is 43.5. The monoisotopic (exact) mass is 733 g/mol. The smallest absolute Gasteiger partial charge is 0.137 e. The van der Waals surface area contributed by atoms with E-state index >= 15 is 0 Å². The summed E-state index contributed by atoms with van der Waals surface area (Å²) in [5.74, 6) is 0. The number of benzene rings is 9. The van der Waals surface area contributed by atoms with Crippen LogP contribution in [0.2, 0.25) is 0 Å². The molecule has 3 heteroatoms. The zero-order valence-electron chi connectivity index (χ0n) is 37.4. The van der Waals surface area contributed by atoms with Crippen LogP contribution < -0.4 is 0 Å². The van der Waals surface area contributed by atoms with Crippen molar-refractivity contribution in [2.75, 3.05) is 0 Å². The Hall–Kier alpha value is -7.62. The Morgan fingerprint density at radius 3 is 1.91 bits per heavy atom. The average molecular weight is 734 g/mol. The van der Waals surface area contributed by atoms with E-state index in [9.17, 15) is 5.48 Å². The van der Waals surface area contributed by atoms with Crippen molar-refractivity contribution in [1.29, 1.82) is 0 Å². The second-order valence-corrected chi connectivity index (χ2v) is 14.4. The molecule has 0 aliphatic rings. The molecule has 0 spiro atoms. The van der Waals surface area contributed by atoms with Gasteiger partial charge in [0.05, 0.1) is 31.7 Å². The van der Waals surface area contributed by atoms with Gasteiger partial charge in [0.25, 0.3) is 0 Å². The Balaban J connectivity index is 1.13. The molecule has 0 saturated carbocycles. The number of rotatable bonds is 5. The molecule has 0 aliphatic heterocycles. The highest BCUT2D eigenvalue weighted by Gasteiger charge is 2.19. The Morgan fingerprint density at radius 1 is 0.368 bits per heavy atom. The van der Waals surface area contributed by atoms with E-state index in [4.69, 9.17) is 8.53 Å². The van der Waals surface area contributed by atoms with Crippen LogP contribution in [0.4, 0.5) is 0 Å². The maximum absolute atomic E-state index is 9.94. The summed E-state index contributed by atoms with van der Waals surface area (Å²) in [6, 6.07) is 52.1. The van der Waals surface area contributed by atoms with Gasteiger partial charge in [-0.05, 0) is 100 Å². The molecule has 266 valence electrons. The molecule has 0 unspecified atom stereocenters. The Bertz CT molecular complexity index is 3910. The lowest BCUT2D eigenvalue weighted by Gasteiger charge is -2.10. The van der Waals surface area contributed by atoms with Gasteiger partial charge in [-0.1, -0.05) is 133 Å². The fraction of sp³-hybridized carbons (Fsp3) is 0. The minimum absolute atomic E-state index is 0.0904. The first-order valence-electron chi connectivity index (χ1n) is 22.4. The molecule has 0 amide bonds. The molecule has 57 heavy (non-hydrogen) atoms. The van der Waals surface area contributed by atoms with Crippen molar-refractivity contribution in [3.8, 4) is 44.8 Å². The van der Waals surface area contributed by atoms with Crippen molar-refractivity contribution in [2.45, 2.75) is 0 Å². The van der Waals surface area contributed by atoms with E-state index in [0.717, 1.165) is 71.7 Å². The van der Waals surface area contributed by atoms with Crippen molar-refractivity contribution in [3.05, 3.63) is 206 Å².